The van der Waals surface area contributed by atoms with E-state index in [0.29, 0.717) is 17.1 Å². The summed E-state index contributed by atoms with van der Waals surface area (Å²) in [4.78, 5) is 6.26. The van der Waals surface area contributed by atoms with Gasteiger partial charge in [0.15, 0.2) is 9.84 Å². The second-order valence-corrected chi connectivity index (χ2v) is 9.85. The molecular formula is C18H17ClN2O3S2. The summed E-state index contributed by atoms with van der Waals surface area (Å²) in [6.45, 7) is 0.221. The zero-order chi connectivity index (χ0) is 18.5. The summed E-state index contributed by atoms with van der Waals surface area (Å²) in [5.41, 5.74) is 9.31. The average molecular weight is 409 g/mol. The lowest BCUT2D eigenvalue weighted by molar-refractivity contribution is 0.415. The number of rotatable bonds is 3. The average Bonchev–Trinajstić information content (AvgIpc) is 2.97. The summed E-state index contributed by atoms with van der Waals surface area (Å²) in [6, 6.07) is 7.65. The zero-order valence-corrected chi connectivity index (χ0v) is 16.5. The molecular weight excluding hydrogens is 392 g/mol. The van der Waals surface area contributed by atoms with E-state index >= 15 is 0 Å². The third-order valence-electron chi connectivity index (χ3n) is 4.62. The fourth-order valence-electron chi connectivity index (χ4n) is 3.33. The molecule has 0 unspecified atom stereocenters. The third kappa shape index (κ3) is 2.89. The summed E-state index contributed by atoms with van der Waals surface area (Å²) >= 11 is 8.09. The number of hydrogen-bond acceptors (Lipinski definition) is 6. The number of pyridine rings is 1. The number of benzene rings is 1. The number of nitrogens with two attached hydrogens (primary N) is 1. The summed E-state index contributed by atoms with van der Waals surface area (Å²) < 4.78 is 29.3. The molecule has 136 valence electrons. The number of ether oxygens (including phenoxy) is 1. The van der Waals surface area contributed by atoms with Gasteiger partial charge in [0.05, 0.1) is 29.3 Å². The first-order valence-corrected chi connectivity index (χ1v) is 11.1. The quantitative estimate of drug-likeness (QED) is 0.716. The number of methoxy groups -OCH3 is 1. The summed E-state index contributed by atoms with van der Waals surface area (Å²) in [5.74, 6) is 0.984. The number of thiophene rings is 1. The Morgan fingerprint density at radius 3 is 2.69 bits per heavy atom. The van der Waals surface area contributed by atoms with Crippen molar-refractivity contribution in [3.05, 3.63) is 45.4 Å². The van der Waals surface area contributed by atoms with Gasteiger partial charge in [-0.3, -0.25) is 0 Å². The number of hydrogen-bond donors (Lipinski definition) is 1. The summed E-state index contributed by atoms with van der Waals surface area (Å²) in [7, 11) is -1.43. The van der Waals surface area contributed by atoms with Gasteiger partial charge in [-0.25, -0.2) is 13.4 Å². The van der Waals surface area contributed by atoms with Crippen molar-refractivity contribution in [1.82, 2.24) is 4.98 Å². The van der Waals surface area contributed by atoms with Crippen molar-refractivity contribution in [2.45, 2.75) is 18.7 Å². The lowest BCUT2D eigenvalue weighted by atomic mass is 9.98. The summed E-state index contributed by atoms with van der Waals surface area (Å²) in [5, 5.41) is 1.48. The highest BCUT2D eigenvalue weighted by Crippen LogP contribution is 2.44. The van der Waals surface area contributed by atoms with Gasteiger partial charge in [-0.05, 0) is 29.7 Å². The Morgan fingerprint density at radius 1 is 1.31 bits per heavy atom. The monoisotopic (exact) mass is 408 g/mol. The number of fused-ring (bicyclic) bond motifs is 3. The van der Waals surface area contributed by atoms with Gasteiger partial charge in [0.25, 0.3) is 0 Å². The van der Waals surface area contributed by atoms with Crippen LogP contribution in [0.5, 0.6) is 5.75 Å². The van der Waals surface area contributed by atoms with Gasteiger partial charge in [-0.2, -0.15) is 0 Å². The lowest BCUT2D eigenvalue weighted by Gasteiger charge is -2.15. The van der Waals surface area contributed by atoms with Crippen molar-refractivity contribution in [3.63, 3.8) is 0 Å². The molecule has 2 N–H and O–H groups in total. The molecule has 3 heterocycles. The van der Waals surface area contributed by atoms with Crippen molar-refractivity contribution in [1.29, 1.82) is 0 Å². The van der Waals surface area contributed by atoms with Gasteiger partial charge in [0, 0.05) is 22.4 Å². The van der Waals surface area contributed by atoms with Gasteiger partial charge in [0.1, 0.15) is 10.6 Å². The van der Waals surface area contributed by atoms with Gasteiger partial charge in [-0.1, -0.05) is 23.7 Å². The molecule has 5 nitrogen and oxygen atoms in total. The van der Waals surface area contributed by atoms with Crippen LogP contribution in [-0.4, -0.2) is 26.3 Å². The number of sulfone groups is 1. The van der Waals surface area contributed by atoms with E-state index in [1.807, 2.05) is 24.3 Å². The van der Waals surface area contributed by atoms with E-state index in [-0.39, 0.29) is 18.1 Å². The molecule has 8 heteroatoms. The predicted octanol–water partition coefficient (Wildman–Crippen LogP) is 3.55. The smallest absolute Gasteiger partial charge is 0.155 e. The van der Waals surface area contributed by atoms with Crippen LogP contribution in [0.15, 0.2) is 24.3 Å². The Balaban J connectivity index is 2.03. The lowest BCUT2D eigenvalue weighted by Crippen LogP contribution is -2.17. The number of halogens is 1. The van der Waals surface area contributed by atoms with Crippen LogP contribution < -0.4 is 10.5 Å². The molecule has 0 fully saturated rings. The maximum absolute atomic E-state index is 12.0. The van der Waals surface area contributed by atoms with E-state index in [1.54, 1.807) is 7.11 Å². The molecule has 4 rings (SSSR count). The molecule has 0 saturated heterocycles. The Kier molecular flexibility index (Phi) is 4.43. The standard InChI is InChI=1S/C18H17ClN2O3S2/c1-24-11-4-2-10(3-5-11)15-16-12-6-7-26(22,23)9-14(12)25-18(16)21-13(8-20)17(15)19/h2-5H,6-9,20H2,1H3. The maximum atomic E-state index is 12.0. The predicted molar refractivity (Wildman–Crippen MR) is 106 cm³/mol. The van der Waals surface area contributed by atoms with E-state index in [1.165, 1.54) is 11.3 Å². The molecule has 1 aliphatic rings. The molecule has 26 heavy (non-hydrogen) atoms. The van der Waals surface area contributed by atoms with Gasteiger partial charge < -0.3 is 10.5 Å². The third-order valence-corrected chi connectivity index (χ3v) is 7.89. The van der Waals surface area contributed by atoms with Crippen LogP contribution in [-0.2, 0) is 28.6 Å². The fraction of sp³-hybridized carbons (Fsp3) is 0.278. The molecule has 0 spiro atoms. The molecule has 3 aromatic rings. The minimum absolute atomic E-state index is 0.0704. The first-order valence-electron chi connectivity index (χ1n) is 8.11. The van der Waals surface area contributed by atoms with Gasteiger partial charge >= 0.3 is 0 Å². The molecule has 0 amide bonds. The molecule has 1 aromatic carbocycles. The highest BCUT2D eigenvalue weighted by molar-refractivity contribution is 7.90. The maximum Gasteiger partial charge on any atom is 0.155 e. The minimum atomic E-state index is -3.05. The number of nitrogens with zero attached hydrogens (tertiary/aromatic N) is 1. The first kappa shape index (κ1) is 17.7. The molecule has 0 bridgehead atoms. The van der Waals surface area contributed by atoms with Gasteiger partial charge in [0.2, 0.25) is 0 Å². The van der Waals surface area contributed by atoms with Crippen molar-refractivity contribution in [3.8, 4) is 16.9 Å². The molecule has 0 radical (unpaired) electrons. The van der Waals surface area contributed by atoms with Crippen molar-refractivity contribution >= 4 is 43.0 Å². The Morgan fingerprint density at radius 2 is 2.04 bits per heavy atom. The number of aromatic nitrogens is 1. The van der Waals surface area contributed by atoms with Gasteiger partial charge in [-0.15, -0.1) is 11.3 Å². The Bertz CT molecular complexity index is 1110. The topological polar surface area (TPSA) is 82.3 Å². The van der Waals surface area contributed by atoms with Crippen LogP contribution in [0.25, 0.3) is 21.3 Å². The highest BCUT2D eigenvalue weighted by Gasteiger charge is 2.28. The van der Waals surface area contributed by atoms with E-state index in [2.05, 4.69) is 4.98 Å². The van der Waals surface area contributed by atoms with Crippen LogP contribution in [0, 0.1) is 0 Å². The minimum Gasteiger partial charge on any atom is -0.497 e. The van der Waals surface area contributed by atoms with E-state index in [4.69, 9.17) is 22.1 Å². The fourth-order valence-corrected chi connectivity index (χ4v) is 6.71. The Hall–Kier alpha value is -1.67. The molecule has 1 aliphatic heterocycles. The molecule has 0 aliphatic carbocycles. The van der Waals surface area contributed by atoms with E-state index in [9.17, 15) is 8.42 Å². The Labute approximate surface area is 160 Å². The van der Waals surface area contributed by atoms with E-state index in [0.717, 1.165) is 37.5 Å². The normalized spacial score (nSPS) is 15.8. The van der Waals surface area contributed by atoms with Crippen LogP contribution in [0.1, 0.15) is 16.1 Å². The second kappa shape index (κ2) is 6.49. The largest absolute Gasteiger partial charge is 0.497 e. The molecule has 0 atom stereocenters. The second-order valence-electron chi connectivity index (χ2n) is 6.21. The van der Waals surface area contributed by atoms with Crippen LogP contribution in [0.2, 0.25) is 5.02 Å². The highest BCUT2D eigenvalue weighted by atomic mass is 35.5. The zero-order valence-electron chi connectivity index (χ0n) is 14.1. The van der Waals surface area contributed by atoms with Crippen molar-refractivity contribution in [2.24, 2.45) is 5.73 Å². The SMILES string of the molecule is COc1ccc(-c2c(Cl)c(CN)nc3sc4c(c23)CCS(=O)(=O)C4)cc1. The van der Waals surface area contributed by atoms with Crippen molar-refractivity contribution < 1.29 is 13.2 Å². The number of aryl methyl sites for hydroxylation is 1. The molecule has 2 aromatic heterocycles. The molecule has 0 saturated carbocycles. The van der Waals surface area contributed by atoms with Crippen molar-refractivity contribution in [2.75, 3.05) is 12.9 Å². The van der Waals surface area contributed by atoms with Crippen LogP contribution >= 0.6 is 22.9 Å². The first-order chi connectivity index (χ1) is 12.4. The van der Waals surface area contributed by atoms with Crippen LogP contribution in [0.4, 0.5) is 0 Å². The van der Waals surface area contributed by atoms with E-state index < -0.39 is 9.84 Å². The van der Waals surface area contributed by atoms with Crippen LogP contribution in [0.3, 0.4) is 0 Å². The summed E-state index contributed by atoms with van der Waals surface area (Å²) in [6.07, 6.45) is 0.487.